The highest BCUT2D eigenvalue weighted by Gasteiger charge is 2.25. The number of carbonyl (C=O) groups is 2. The average Bonchev–Trinajstić information content (AvgIpc) is 3.43. The molecule has 4 heterocycles. The number of pyridine rings is 1. The molecule has 0 radical (unpaired) electrons. The van der Waals surface area contributed by atoms with Crippen LogP contribution in [0.2, 0.25) is 0 Å². The van der Waals surface area contributed by atoms with Crippen molar-refractivity contribution in [2.45, 2.75) is 32.3 Å². The van der Waals surface area contributed by atoms with E-state index in [1.807, 2.05) is 0 Å². The van der Waals surface area contributed by atoms with Crippen LogP contribution < -0.4 is 15.0 Å². The van der Waals surface area contributed by atoms with E-state index >= 15 is 4.39 Å². The maximum absolute atomic E-state index is 15.2. The lowest BCUT2D eigenvalue weighted by Gasteiger charge is -2.31. The summed E-state index contributed by atoms with van der Waals surface area (Å²) in [7, 11) is 0. The van der Waals surface area contributed by atoms with Crippen LogP contribution in [0.25, 0.3) is 16.7 Å². The third kappa shape index (κ3) is 6.68. The standard InChI is InChI=1S/C31H26F2N6O5.ClH/c1-18(40)38-14-10-22(11-15-38)43-30-28-27(9-12-34-29(28)36-37-30)44-26-7-2-19(16-24(26)33)17-25(41)23-8-13-35-39(31(23)42)21-5-3-20(32)4-6-21;/h2-9,12-13,16,22H,10-11,14-15,17H2,1H3,(H,34,36,37);1H. The van der Waals surface area contributed by atoms with Crippen molar-refractivity contribution >= 4 is 35.1 Å². The van der Waals surface area contributed by atoms with Crippen molar-refractivity contribution < 1.29 is 27.8 Å². The summed E-state index contributed by atoms with van der Waals surface area (Å²) in [6.07, 6.45) is 3.65. The number of hydrogen-bond acceptors (Lipinski definition) is 8. The molecule has 0 saturated carbocycles. The van der Waals surface area contributed by atoms with Gasteiger partial charge >= 0.3 is 0 Å². The Bertz CT molecular complexity index is 1920. The maximum Gasteiger partial charge on any atom is 0.282 e. The lowest BCUT2D eigenvalue weighted by Crippen LogP contribution is -2.40. The number of Topliss-reactive ketones (excluding diaryl/α,β-unsaturated/α-hetero) is 1. The van der Waals surface area contributed by atoms with Crippen molar-refractivity contribution in [2.24, 2.45) is 0 Å². The minimum Gasteiger partial charge on any atom is -0.473 e. The lowest BCUT2D eigenvalue weighted by molar-refractivity contribution is -0.130. The van der Waals surface area contributed by atoms with Crippen LogP contribution in [0, 0.1) is 11.6 Å². The molecule has 0 atom stereocenters. The van der Waals surface area contributed by atoms with E-state index in [4.69, 9.17) is 9.47 Å². The van der Waals surface area contributed by atoms with E-state index in [2.05, 4.69) is 20.3 Å². The van der Waals surface area contributed by atoms with Gasteiger partial charge in [-0.1, -0.05) is 6.07 Å². The van der Waals surface area contributed by atoms with Crippen LogP contribution in [-0.2, 0) is 11.2 Å². The molecular weight excluding hydrogens is 610 g/mol. The van der Waals surface area contributed by atoms with Gasteiger partial charge in [0.1, 0.15) is 23.1 Å². The van der Waals surface area contributed by atoms with Gasteiger partial charge in [-0.25, -0.2) is 13.8 Å². The lowest BCUT2D eigenvalue weighted by atomic mass is 10.0. The van der Waals surface area contributed by atoms with Crippen LogP contribution in [0.5, 0.6) is 17.4 Å². The molecule has 1 aliphatic heterocycles. The number of ether oxygens (including phenoxy) is 2. The van der Waals surface area contributed by atoms with E-state index in [1.54, 1.807) is 11.0 Å². The smallest absolute Gasteiger partial charge is 0.282 e. The summed E-state index contributed by atoms with van der Waals surface area (Å²) < 4.78 is 41.6. The Morgan fingerprint density at radius 1 is 1.00 bits per heavy atom. The summed E-state index contributed by atoms with van der Waals surface area (Å²) in [4.78, 5) is 43.6. The number of halogens is 3. The van der Waals surface area contributed by atoms with Gasteiger partial charge in [0.25, 0.3) is 5.56 Å². The number of likely N-dealkylation sites (tertiary alicyclic amines) is 1. The molecule has 45 heavy (non-hydrogen) atoms. The van der Waals surface area contributed by atoms with Gasteiger partial charge in [-0.2, -0.15) is 9.78 Å². The monoisotopic (exact) mass is 636 g/mol. The number of rotatable bonds is 8. The van der Waals surface area contributed by atoms with E-state index in [0.29, 0.717) is 48.2 Å². The zero-order chi connectivity index (χ0) is 30.8. The number of ketones is 1. The van der Waals surface area contributed by atoms with Crippen LogP contribution in [0.4, 0.5) is 8.78 Å². The van der Waals surface area contributed by atoms with Gasteiger partial charge in [-0.05, 0) is 48.0 Å². The van der Waals surface area contributed by atoms with Crippen molar-refractivity contribution in [3.63, 3.8) is 0 Å². The summed E-state index contributed by atoms with van der Waals surface area (Å²) in [6.45, 7) is 2.70. The first kappa shape index (κ1) is 31.3. The van der Waals surface area contributed by atoms with Gasteiger partial charge < -0.3 is 14.4 Å². The van der Waals surface area contributed by atoms with E-state index in [9.17, 15) is 18.8 Å². The Kier molecular flexibility index (Phi) is 9.18. The fourth-order valence-corrected chi connectivity index (χ4v) is 5.04. The molecule has 0 aliphatic carbocycles. The van der Waals surface area contributed by atoms with Gasteiger partial charge in [-0.15, -0.1) is 17.5 Å². The van der Waals surface area contributed by atoms with Crippen LogP contribution in [0.15, 0.2) is 71.8 Å². The van der Waals surface area contributed by atoms with Crippen molar-refractivity contribution in [1.29, 1.82) is 0 Å². The molecule has 6 rings (SSSR count). The summed E-state index contributed by atoms with van der Waals surface area (Å²) in [5, 5.41) is 11.5. The molecule has 1 fully saturated rings. The number of H-pyrrole nitrogens is 1. The molecule has 11 nitrogen and oxygen atoms in total. The predicted molar refractivity (Wildman–Crippen MR) is 161 cm³/mol. The Balaban J connectivity index is 0.00000400. The minimum absolute atomic E-state index is 0. The third-order valence-electron chi connectivity index (χ3n) is 7.35. The number of benzene rings is 2. The number of aromatic amines is 1. The predicted octanol–water partition coefficient (Wildman–Crippen LogP) is 4.81. The Hall–Kier alpha value is -5.17. The second-order valence-corrected chi connectivity index (χ2v) is 10.3. The highest BCUT2D eigenvalue weighted by Crippen LogP contribution is 2.36. The summed E-state index contributed by atoms with van der Waals surface area (Å²) in [5.74, 6) is -1.28. The van der Waals surface area contributed by atoms with E-state index in [-0.39, 0.29) is 53.8 Å². The molecule has 1 amide bonds. The summed E-state index contributed by atoms with van der Waals surface area (Å²) in [5.41, 5.74) is 0.212. The maximum atomic E-state index is 15.2. The largest absolute Gasteiger partial charge is 0.473 e. The quantitative estimate of drug-likeness (QED) is 0.240. The SMILES string of the molecule is CC(=O)N1CCC(Oc2n[nH]c3nccc(Oc4ccc(CC(=O)c5ccnn(-c6ccc(F)cc6)c5=O)cc4F)c23)CC1.Cl. The third-order valence-corrected chi connectivity index (χ3v) is 7.35. The highest BCUT2D eigenvalue weighted by molar-refractivity contribution is 5.97. The molecular formula is C31H27ClF2N6O5. The molecule has 0 unspecified atom stereocenters. The average molecular weight is 637 g/mol. The van der Waals surface area contributed by atoms with Crippen molar-refractivity contribution in [3.8, 4) is 23.1 Å². The van der Waals surface area contributed by atoms with Gasteiger partial charge in [0.15, 0.2) is 23.0 Å². The molecule has 3 aromatic heterocycles. The van der Waals surface area contributed by atoms with Gasteiger partial charge in [0, 0.05) is 57.7 Å². The number of nitrogens with zero attached hydrogens (tertiary/aromatic N) is 5. The number of aromatic nitrogens is 5. The van der Waals surface area contributed by atoms with E-state index < -0.39 is 23.0 Å². The molecule has 14 heteroatoms. The molecule has 2 aromatic carbocycles. The normalized spacial score (nSPS) is 13.4. The molecule has 1 saturated heterocycles. The molecule has 1 aliphatic rings. The first-order chi connectivity index (χ1) is 21.3. The minimum atomic E-state index is -0.721. The second kappa shape index (κ2) is 13.2. The number of carbonyl (C=O) groups excluding carboxylic acids is 2. The van der Waals surface area contributed by atoms with Crippen molar-refractivity contribution in [3.05, 3.63) is 100 Å². The number of piperidine rings is 1. The number of hydrogen-bond donors (Lipinski definition) is 1. The van der Waals surface area contributed by atoms with Crippen molar-refractivity contribution in [2.75, 3.05) is 13.1 Å². The molecule has 1 N–H and O–H groups in total. The topological polar surface area (TPSA) is 132 Å². The summed E-state index contributed by atoms with van der Waals surface area (Å²) in [6, 6.07) is 12.1. The molecule has 0 bridgehead atoms. The number of nitrogens with one attached hydrogen (secondary N) is 1. The Labute approximate surface area is 261 Å². The van der Waals surface area contributed by atoms with Crippen LogP contribution in [-0.4, -0.2) is 60.7 Å². The van der Waals surface area contributed by atoms with Gasteiger partial charge in [0.2, 0.25) is 11.8 Å². The Morgan fingerprint density at radius 2 is 1.76 bits per heavy atom. The van der Waals surface area contributed by atoms with E-state index in [1.165, 1.54) is 67.8 Å². The first-order valence-corrected chi connectivity index (χ1v) is 13.9. The Morgan fingerprint density at radius 3 is 2.47 bits per heavy atom. The fraction of sp³-hybridized carbons (Fsp3) is 0.226. The molecule has 0 spiro atoms. The highest BCUT2D eigenvalue weighted by atomic mass is 35.5. The van der Waals surface area contributed by atoms with Crippen LogP contribution in [0.3, 0.4) is 0 Å². The number of fused-ring (bicyclic) bond motifs is 1. The molecule has 232 valence electrons. The van der Waals surface area contributed by atoms with Crippen molar-refractivity contribution in [1.82, 2.24) is 29.9 Å². The van der Waals surface area contributed by atoms with Crippen LogP contribution >= 0.6 is 12.4 Å². The second-order valence-electron chi connectivity index (χ2n) is 10.3. The van der Waals surface area contributed by atoms with E-state index in [0.717, 1.165) is 4.68 Å². The van der Waals surface area contributed by atoms with Gasteiger partial charge in [0.05, 0.1) is 11.3 Å². The molecule has 5 aromatic rings. The zero-order valence-corrected chi connectivity index (χ0v) is 24.7. The van der Waals surface area contributed by atoms with Crippen LogP contribution in [0.1, 0.15) is 35.7 Å². The first-order valence-electron chi connectivity index (χ1n) is 13.9. The number of amides is 1. The van der Waals surface area contributed by atoms with Gasteiger partial charge in [-0.3, -0.25) is 19.5 Å². The summed E-state index contributed by atoms with van der Waals surface area (Å²) >= 11 is 0. The zero-order valence-electron chi connectivity index (χ0n) is 23.9. The fourth-order valence-electron chi connectivity index (χ4n) is 5.04.